The number of aromatic nitrogens is 1. The molecule has 3 heteroatoms. The Bertz CT molecular complexity index is 2830. The highest BCUT2D eigenvalue weighted by molar-refractivity contribution is 7.26. The molecule has 8 aromatic carbocycles. The minimum atomic E-state index is 1.13. The number of thiophene rings is 1. The Morgan fingerprint density at radius 3 is 1.96 bits per heavy atom. The summed E-state index contributed by atoms with van der Waals surface area (Å²) < 4.78 is 4.99. The van der Waals surface area contributed by atoms with Crippen molar-refractivity contribution in [1.29, 1.82) is 0 Å². The number of benzene rings is 8. The molecule has 0 bridgehead atoms. The van der Waals surface area contributed by atoms with Gasteiger partial charge >= 0.3 is 0 Å². The van der Waals surface area contributed by atoms with Crippen molar-refractivity contribution in [3.8, 4) is 16.8 Å². The molecule has 0 fully saturated rings. The molecule has 2 nitrogen and oxygen atoms in total. The van der Waals surface area contributed by atoms with Crippen molar-refractivity contribution in [3.05, 3.63) is 182 Å². The summed E-state index contributed by atoms with van der Waals surface area (Å²) in [6.07, 6.45) is 0. The van der Waals surface area contributed by atoms with E-state index in [2.05, 4.69) is 191 Å². The lowest BCUT2D eigenvalue weighted by Crippen LogP contribution is -2.10. The van der Waals surface area contributed by atoms with Crippen LogP contribution >= 0.6 is 11.3 Å². The number of fused-ring (bicyclic) bond motifs is 8. The van der Waals surface area contributed by atoms with Crippen LogP contribution < -0.4 is 4.90 Å². The number of para-hydroxylation sites is 2. The Morgan fingerprint density at radius 2 is 1.08 bits per heavy atom. The smallest absolute Gasteiger partial charge is 0.0640 e. The van der Waals surface area contributed by atoms with E-state index in [1.54, 1.807) is 0 Å². The van der Waals surface area contributed by atoms with Gasteiger partial charge in [0.1, 0.15) is 0 Å². The number of hydrogen-bond donors (Lipinski definition) is 0. The second kappa shape index (κ2) is 11.2. The van der Waals surface area contributed by atoms with Gasteiger partial charge in [-0.05, 0) is 76.5 Å². The van der Waals surface area contributed by atoms with Crippen molar-refractivity contribution in [2.75, 3.05) is 4.90 Å². The summed E-state index contributed by atoms with van der Waals surface area (Å²) in [4.78, 5) is 2.50. The number of nitrogens with zero attached hydrogens (tertiary/aromatic N) is 2. The number of hydrogen-bond acceptors (Lipinski definition) is 2. The van der Waals surface area contributed by atoms with Gasteiger partial charge in [0.15, 0.2) is 0 Å². The molecule has 2 aromatic heterocycles. The molecule has 10 aromatic rings. The maximum Gasteiger partial charge on any atom is 0.0640 e. The van der Waals surface area contributed by atoms with Crippen LogP contribution in [0.2, 0.25) is 0 Å². The SMILES string of the molecule is c1ccc(-c2cccc(N(c3cccc4c3sc3ccc5ccccc5c34)c3cccc4c3c3ccccc3n4-c3ccccc3)c2)cc1. The van der Waals surface area contributed by atoms with Crippen molar-refractivity contribution < 1.29 is 0 Å². The molecule has 0 unspecified atom stereocenters. The maximum atomic E-state index is 2.50. The first-order valence-electron chi connectivity index (χ1n) is 16.7. The van der Waals surface area contributed by atoms with Gasteiger partial charge < -0.3 is 9.47 Å². The minimum Gasteiger partial charge on any atom is -0.309 e. The van der Waals surface area contributed by atoms with Crippen LogP contribution in [0, 0.1) is 0 Å². The van der Waals surface area contributed by atoms with Gasteiger partial charge in [0, 0.05) is 37.6 Å². The van der Waals surface area contributed by atoms with Crippen LogP contribution in [-0.4, -0.2) is 4.57 Å². The molecule has 0 aliphatic carbocycles. The van der Waals surface area contributed by atoms with E-state index in [4.69, 9.17) is 0 Å². The summed E-state index contributed by atoms with van der Waals surface area (Å²) in [5.41, 5.74) is 9.39. The second-order valence-electron chi connectivity index (χ2n) is 12.5. The van der Waals surface area contributed by atoms with Crippen LogP contribution in [0.25, 0.3) is 69.6 Å². The van der Waals surface area contributed by atoms with Gasteiger partial charge in [-0.2, -0.15) is 0 Å². The third-order valence-corrected chi connectivity index (χ3v) is 10.9. The third-order valence-electron chi connectivity index (χ3n) is 9.75. The van der Waals surface area contributed by atoms with E-state index in [9.17, 15) is 0 Å². The lowest BCUT2D eigenvalue weighted by Gasteiger charge is -2.27. The summed E-state index contributed by atoms with van der Waals surface area (Å²) in [5, 5.41) is 7.65. The van der Waals surface area contributed by atoms with Gasteiger partial charge in [-0.25, -0.2) is 0 Å². The van der Waals surface area contributed by atoms with Crippen molar-refractivity contribution in [1.82, 2.24) is 4.57 Å². The van der Waals surface area contributed by atoms with Gasteiger partial charge in [-0.3, -0.25) is 0 Å². The van der Waals surface area contributed by atoms with Gasteiger partial charge in [0.25, 0.3) is 0 Å². The maximum absolute atomic E-state index is 2.50. The molecule has 0 aliphatic heterocycles. The molecular formula is C46H30N2S. The highest BCUT2D eigenvalue weighted by Crippen LogP contribution is 2.49. The van der Waals surface area contributed by atoms with Crippen LogP contribution in [-0.2, 0) is 0 Å². The standard InChI is InChI=1S/C46H30N2S/c1-3-14-31(15-4-1)33-17-11-20-35(30-33)48(42-27-12-23-38-44-36-21-8-7-16-32(36)28-29-43(44)49-46(38)42)41-26-13-25-40-45(41)37-22-9-10-24-39(37)47(40)34-18-5-2-6-19-34/h1-30H. The average molecular weight is 643 g/mol. The van der Waals surface area contributed by atoms with E-state index >= 15 is 0 Å². The van der Waals surface area contributed by atoms with Crippen molar-refractivity contribution in [2.45, 2.75) is 0 Å². The van der Waals surface area contributed by atoms with Crippen LogP contribution in [0.15, 0.2) is 182 Å². The van der Waals surface area contributed by atoms with Gasteiger partial charge in [-0.15, -0.1) is 11.3 Å². The van der Waals surface area contributed by atoms with E-state index in [1.165, 1.54) is 69.6 Å². The lowest BCUT2D eigenvalue weighted by atomic mass is 10.0. The normalized spacial score (nSPS) is 11.7. The Kier molecular flexibility index (Phi) is 6.39. The zero-order valence-electron chi connectivity index (χ0n) is 26.6. The Hall–Kier alpha value is -6.16. The first-order valence-corrected chi connectivity index (χ1v) is 17.5. The average Bonchev–Trinajstić information content (AvgIpc) is 3.73. The molecule has 0 aliphatic rings. The Labute approximate surface area is 288 Å². The second-order valence-corrected chi connectivity index (χ2v) is 13.6. The van der Waals surface area contributed by atoms with Crippen molar-refractivity contribution >= 4 is 81.1 Å². The Balaban J connectivity index is 1.31. The fraction of sp³-hybridized carbons (Fsp3) is 0. The molecular weight excluding hydrogens is 613 g/mol. The van der Waals surface area contributed by atoms with E-state index < -0.39 is 0 Å². The van der Waals surface area contributed by atoms with Crippen LogP contribution in [0.1, 0.15) is 0 Å². The van der Waals surface area contributed by atoms with Crippen molar-refractivity contribution in [3.63, 3.8) is 0 Å². The quantitative estimate of drug-likeness (QED) is 0.181. The summed E-state index contributed by atoms with van der Waals surface area (Å²) in [6, 6.07) is 66.1. The summed E-state index contributed by atoms with van der Waals surface area (Å²) >= 11 is 1.89. The van der Waals surface area contributed by atoms with Crippen LogP contribution in [0.3, 0.4) is 0 Å². The molecule has 0 saturated carbocycles. The van der Waals surface area contributed by atoms with Crippen LogP contribution in [0.4, 0.5) is 17.1 Å². The van der Waals surface area contributed by atoms with Gasteiger partial charge in [0.2, 0.25) is 0 Å². The van der Waals surface area contributed by atoms with Gasteiger partial charge in [0.05, 0.1) is 27.1 Å². The topological polar surface area (TPSA) is 8.17 Å². The molecule has 49 heavy (non-hydrogen) atoms. The fourth-order valence-corrected chi connectivity index (χ4v) is 8.86. The molecule has 2 heterocycles. The highest BCUT2D eigenvalue weighted by atomic mass is 32.1. The first-order chi connectivity index (χ1) is 24.3. The van der Waals surface area contributed by atoms with E-state index in [0.29, 0.717) is 0 Å². The predicted molar refractivity (Wildman–Crippen MR) is 211 cm³/mol. The molecule has 0 amide bonds. The molecule has 10 rings (SSSR count). The summed E-state index contributed by atoms with van der Waals surface area (Å²) in [6.45, 7) is 0. The number of rotatable bonds is 5. The lowest BCUT2D eigenvalue weighted by molar-refractivity contribution is 1.18. The zero-order chi connectivity index (χ0) is 32.3. The van der Waals surface area contributed by atoms with E-state index in [-0.39, 0.29) is 0 Å². The predicted octanol–water partition coefficient (Wildman–Crippen LogP) is 13.4. The van der Waals surface area contributed by atoms with E-state index in [0.717, 1.165) is 17.1 Å². The summed E-state index contributed by atoms with van der Waals surface area (Å²) in [7, 11) is 0. The number of anilines is 3. The Morgan fingerprint density at radius 1 is 0.429 bits per heavy atom. The molecule has 230 valence electrons. The molecule has 0 spiro atoms. The van der Waals surface area contributed by atoms with Gasteiger partial charge in [-0.1, -0.05) is 127 Å². The largest absolute Gasteiger partial charge is 0.309 e. The monoisotopic (exact) mass is 642 g/mol. The molecule has 0 atom stereocenters. The molecule has 0 N–H and O–H groups in total. The third kappa shape index (κ3) is 4.40. The minimum absolute atomic E-state index is 1.13. The zero-order valence-corrected chi connectivity index (χ0v) is 27.4. The summed E-state index contributed by atoms with van der Waals surface area (Å²) in [5.74, 6) is 0. The first kappa shape index (κ1) is 27.9. The van der Waals surface area contributed by atoms with Crippen LogP contribution in [0.5, 0.6) is 0 Å². The highest BCUT2D eigenvalue weighted by Gasteiger charge is 2.24. The fourth-order valence-electron chi connectivity index (χ4n) is 7.63. The molecule has 0 saturated heterocycles. The molecule has 0 radical (unpaired) electrons. The van der Waals surface area contributed by atoms with E-state index in [1.807, 2.05) is 11.3 Å². The van der Waals surface area contributed by atoms with Crippen molar-refractivity contribution in [2.24, 2.45) is 0 Å².